The fraction of sp³-hybridized carbons (Fsp3) is 0.391. The summed E-state index contributed by atoms with van der Waals surface area (Å²) < 4.78 is 33.5. The van der Waals surface area contributed by atoms with Crippen LogP contribution in [0.5, 0.6) is 0 Å². The molecule has 0 aliphatic carbocycles. The van der Waals surface area contributed by atoms with E-state index in [0.717, 1.165) is 30.3 Å². The average molecular weight is 470 g/mol. The van der Waals surface area contributed by atoms with Gasteiger partial charge in [-0.2, -0.15) is 4.31 Å². The average Bonchev–Trinajstić information content (AvgIpc) is 3.27. The zero-order valence-electron chi connectivity index (χ0n) is 18.3. The van der Waals surface area contributed by atoms with Crippen LogP contribution in [0.3, 0.4) is 0 Å². The highest BCUT2D eigenvalue weighted by molar-refractivity contribution is 7.89. The van der Waals surface area contributed by atoms with Crippen LogP contribution in [0.2, 0.25) is 0 Å². The normalized spacial score (nSPS) is 17.9. The van der Waals surface area contributed by atoms with Crippen LogP contribution < -0.4 is 10.2 Å². The molecule has 2 N–H and O–H groups in total. The third-order valence-corrected chi connectivity index (χ3v) is 8.03. The molecule has 2 aromatic carbocycles. The van der Waals surface area contributed by atoms with Gasteiger partial charge >= 0.3 is 0 Å². The number of amides is 1. The molecule has 2 saturated heterocycles. The molecule has 0 atom stereocenters. The second-order valence-electron chi connectivity index (χ2n) is 8.30. The lowest BCUT2D eigenvalue weighted by Crippen LogP contribution is -2.38. The lowest BCUT2D eigenvalue weighted by atomic mass is 10.1. The van der Waals surface area contributed by atoms with E-state index in [9.17, 15) is 13.2 Å². The van der Waals surface area contributed by atoms with E-state index in [0.29, 0.717) is 56.6 Å². The van der Waals surface area contributed by atoms with E-state index in [-0.39, 0.29) is 4.90 Å². The number of imidazole rings is 1. The quantitative estimate of drug-likeness (QED) is 0.595. The summed E-state index contributed by atoms with van der Waals surface area (Å²) in [6, 6.07) is 12.3. The Hall–Kier alpha value is -2.95. The standard InChI is InChI=1S/C23H27N5O4S/c29-22(26-23-24-19-6-2-3-7-20(19)25-23)18-16-17(33(30,31)28-10-4-1-5-11-28)8-9-21(18)27-12-14-32-15-13-27/h2-3,6-9,16H,1,4-5,10-15H2,(H2,24,25,26,29). The lowest BCUT2D eigenvalue weighted by molar-refractivity contribution is 0.102. The Morgan fingerprint density at radius 1 is 1.00 bits per heavy atom. The summed E-state index contributed by atoms with van der Waals surface area (Å²) in [6.07, 6.45) is 2.74. The van der Waals surface area contributed by atoms with Crippen molar-refractivity contribution in [2.45, 2.75) is 24.2 Å². The second-order valence-corrected chi connectivity index (χ2v) is 10.2. The van der Waals surface area contributed by atoms with Gasteiger partial charge in [0.25, 0.3) is 5.91 Å². The number of nitrogens with one attached hydrogen (secondary N) is 2. The predicted octanol–water partition coefficient (Wildman–Crippen LogP) is 2.83. The topological polar surface area (TPSA) is 108 Å². The SMILES string of the molecule is O=C(Nc1nc2ccccc2[nH]1)c1cc(S(=O)(=O)N2CCCCC2)ccc1N1CCOCC1. The van der Waals surface area contributed by atoms with Gasteiger partial charge in [0.1, 0.15) is 0 Å². The fourth-order valence-corrected chi connectivity index (χ4v) is 5.92. The fourth-order valence-electron chi connectivity index (χ4n) is 4.38. The van der Waals surface area contributed by atoms with Crippen LogP contribution in [-0.4, -0.2) is 68.0 Å². The molecule has 5 rings (SSSR count). The summed E-state index contributed by atoms with van der Waals surface area (Å²) in [4.78, 5) is 23.1. The summed E-state index contributed by atoms with van der Waals surface area (Å²) in [5.74, 6) is -0.0929. The summed E-state index contributed by atoms with van der Waals surface area (Å²) in [6.45, 7) is 3.38. The number of aromatic nitrogens is 2. The molecule has 9 nitrogen and oxygen atoms in total. The maximum Gasteiger partial charge on any atom is 0.260 e. The molecule has 2 fully saturated rings. The number of sulfonamides is 1. The molecule has 174 valence electrons. The highest BCUT2D eigenvalue weighted by Gasteiger charge is 2.29. The van der Waals surface area contributed by atoms with Crippen LogP contribution in [0.25, 0.3) is 11.0 Å². The second kappa shape index (κ2) is 9.12. The van der Waals surface area contributed by atoms with Crippen molar-refractivity contribution in [2.24, 2.45) is 0 Å². The summed E-state index contributed by atoms with van der Waals surface area (Å²) >= 11 is 0. The smallest absolute Gasteiger partial charge is 0.260 e. The molecular weight excluding hydrogens is 442 g/mol. The van der Waals surface area contributed by atoms with E-state index in [2.05, 4.69) is 15.3 Å². The Morgan fingerprint density at radius 3 is 2.52 bits per heavy atom. The van der Waals surface area contributed by atoms with Crippen LogP contribution in [0.1, 0.15) is 29.6 Å². The Labute approximate surface area is 192 Å². The number of morpholine rings is 1. The van der Waals surface area contributed by atoms with Gasteiger partial charge < -0.3 is 14.6 Å². The third-order valence-electron chi connectivity index (χ3n) is 6.14. The molecule has 0 saturated carbocycles. The highest BCUT2D eigenvalue weighted by atomic mass is 32.2. The van der Waals surface area contributed by atoms with Gasteiger partial charge in [0.05, 0.1) is 34.7 Å². The van der Waals surface area contributed by atoms with Crippen LogP contribution in [0.4, 0.5) is 11.6 Å². The molecule has 1 amide bonds. The van der Waals surface area contributed by atoms with Crippen LogP contribution in [-0.2, 0) is 14.8 Å². The largest absolute Gasteiger partial charge is 0.378 e. The van der Waals surface area contributed by atoms with E-state index in [1.54, 1.807) is 12.1 Å². The number of benzene rings is 2. The predicted molar refractivity (Wildman–Crippen MR) is 126 cm³/mol. The summed E-state index contributed by atoms with van der Waals surface area (Å²) in [7, 11) is -3.67. The van der Waals surface area contributed by atoms with Gasteiger partial charge in [-0.25, -0.2) is 13.4 Å². The number of nitrogens with zero attached hydrogens (tertiary/aromatic N) is 3. The van der Waals surface area contributed by atoms with Crippen molar-refractivity contribution in [3.63, 3.8) is 0 Å². The molecule has 33 heavy (non-hydrogen) atoms. The van der Waals surface area contributed by atoms with E-state index < -0.39 is 15.9 Å². The third kappa shape index (κ3) is 4.46. The first kappa shape index (κ1) is 21.9. The first-order valence-electron chi connectivity index (χ1n) is 11.3. The molecule has 10 heteroatoms. The molecule has 2 aliphatic rings. The summed E-state index contributed by atoms with van der Waals surface area (Å²) in [5.41, 5.74) is 2.53. The minimum Gasteiger partial charge on any atom is -0.378 e. The van der Waals surface area contributed by atoms with Crippen molar-refractivity contribution in [3.8, 4) is 0 Å². The van der Waals surface area contributed by atoms with Crippen molar-refractivity contribution in [2.75, 3.05) is 49.6 Å². The van der Waals surface area contributed by atoms with Crippen LogP contribution in [0, 0.1) is 0 Å². The van der Waals surface area contributed by atoms with Crippen molar-refractivity contribution < 1.29 is 17.9 Å². The van der Waals surface area contributed by atoms with E-state index in [1.807, 2.05) is 29.2 Å². The molecule has 2 aliphatic heterocycles. The van der Waals surface area contributed by atoms with Gasteiger partial charge in [0.2, 0.25) is 16.0 Å². The van der Waals surface area contributed by atoms with Crippen molar-refractivity contribution in [1.29, 1.82) is 0 Å². The number of hydrogen-bond donors (Lipinski definition) is 2. The minimum absolute atomic E-state index is 0.135. The zero-order chi connectivity index (χ0) is 22.8. The number of piperidine rings is 1. The van der Waals surface area contributed by atoms with Crippen molar-refractivity contribution in [1.82, 2.24) is 14.3 Å². The number of ether oxygens (including phenoxy) is 1. The van der Waals surface area contributed by atoms with Crippen molar-refractivity contribution in [3.05, 3.63) is 48.0 Å². The monoisotopic (exact) mass is 469 g/mol. The van der Waals surface area contributed by atoms with E-state index in [1.165, 1.54) is 10.4 Å². The molecule has 3 aromatic rings. The number of H-pyrrole nitrogens is 1. The Bertz CT molecular complexity index is 1230. The van der Waals surface area contributed by atoms with E-state index >= 15 is 0 Å². The molecule has 0 radical (unpaired) electrons. The molecule has 0 bridgehead atoms. The number of anilines is 2. The van der Waals surface area contributed by atoms with Gasteiger partial charge in [0.15, 0.2) is 0 Å². The number of para-hydroxylation sites is 2. The van der Waals surface area contributed by atoms with Gasteiger partial charge in [-0.1, -0.05) is 18.6 Å². The van der Waals surface area contributed by atoms with Gasteiger partial charge in [-0.05, 0) is 43.2 Å². The highest BCUT2D eigenvalue weighted by Crippen LogP contribution is 2.29. The maximum atomic E-state index is 13.4. The number of rotatable bonds is 5. The molecular formula is C23H27N5O4S. The van der Waals surface area contributed by atoms with Gasteiger partial charge in [-0.3, -0.25) is 10.1 Å². The minimum atomic E-state index is -3.67. The first-order valence-corrected chi connectivity index (χ1v) is 12.7. The molecule has 0 spiro atoms. The summed E-state index contributed by atoms with van der Waals surface area (Å²) in [5, 5.41) is 2.81. The van der Waals surface area contributed by atoms with Crippen molar-refractivity contribution >= 4 is 38.6 Å². The Kier molecular flexibility index (Phi) is 6.05. The Balaban J connectivity index is 1.50. The number of fused-ring (bicyclic) bond motifs is 1. The molecule has 1 aromatic heterocycles. The first-order chi connectivity index (χ1) is 16.0. The van der Waals surface area contributed by atoms with E-state index in [4.69, 9.17) is 4.74 Å². The van der Waals surface area contributed by atoms with Crippen LogP contribution in [0.15, 0.2) is 47.4 Å². The number of hydrogen-bond acceptors (Lipinski definition) is 6. The van der Waals surface area contributed by atoms with Gasteiger partial charge in [-0.15, -0.1) is 0 Å². The number of aromatic amines is 1. The number of carbonyl (C=O) groups excluding carboxylic acids is 1. The zero-order valence-corrected chi connectivity index (χ0v) is 19.1. The lowest BCUT2D eigenvalue weighted by Gasteiger charge is -2.31. The number of carbonyl (C=O) groups is 1. The molecule has 3 heterocycles. The Morgan fingerprint density at radius 2 is 1.76 bits per heavy atom. The maximum absolute atomic E-state index is 13.4. The van der Waals surface area contributed by atoms with Crippen LogP contribution >= 0.6 is 0 Å². The molecule has 0 unspecified atom stereocenters. The van der Waals surface area contributed by atoms with Gasteiger partial charge in [0, 0.05) is 31.9 Å².